The maximum absolute atomic E-state index is 6.07. The second-order valence-electron chi connectivity index (χ2n) is 7.66. The number of benzene rings is 1. The van der Waals surface area contributed by atoms with Gasteiger partial charge in [-0.25, -0.2) is 9.98 Å². The van der Waals surface area contributed by atoms with E-state index in [-0.39, 0.29) is 0 Å². The van der Waals surface area contributed by atoms with Crippen molar-refractivity contribution in [2.75, 3.05) is 0 Å². The lowest BCUT2D eigenvalue weighted by atomic mass is 9.86. The Hall–Kier alpha value is -2.40. The van der Waals surface area contributed by atoms with Crippen molar-refractivity contribution in [2.45, 2.75) is 51.4 Å². The number of aromatic amines is 1. The van der Waals surface area contributed by atoms with Gasteiger partial charge in [0.15, 0.2) is 0 Å². The highest BCUT2D eigenvalue weighted by Gasteiger charge is 2.13. The molecule has 0 amide bonds. The van der Waals surface area contributed by atoms with Crippen LogP contribution < -0.4 is 5.73 Å². The molecule has 0 spiro atoms. The summed E-state index contributed by atoms with van der Waals surface area (Å²) in [6.45, 7) is 0. The minimum Gasteiger partial charge on any atom is -0.383 e. The summed E-state index contributed by atoms with van der Waals surface area (Å²) >= 11 is 1.60. The van der Waals surface area contributed by atoms with E-state index in [1.54, 1.807) is 11.3 Å². The zero-order chi connectivity index (χ0) is 19.2. The largest absolute Gasteiger partial charge is 0.383 e. The Morgan fingerprint density at radius 1 is 1.14 bits per heavy atom. The van der Waals surface area contributed by atoms with Gasteiger partial charge >= 0.3 is 0 Å². The number of aromatic nitrogens is 2. The average molecular weight is 393 g/mol. The Morgan fingerprint density at radius 3 is 2.71 bits per heavy atom. The standard InChI is InChI=1S/C23H28N4S/c24-23(21-9-5-15-28-21)26-19-13-11-18(12-14-19)20-16-25-22(27-20)10-4-8-17-6-2-1-3-7-17/h5,9,11-17H,1-4,6-8,10H2,(H2,24,26)(H,25,27). The van der Waals surface area contributed by atoms with Crippen molar-refractivity contribution in [1.29, 1.82) is 0 Å². The van der Waals surface area contributed by atoms with Gasteiger partial charge in [0, 0.05) is 6.42 Å². The number of nitrogens with two attached hydrogens (primary N) is 1. The number of imidazole rings is 1. The molecule has 4 rings (SSSR count). The van der Waals surface area contributed by atoms with Crippen LogP contribution in [-0.4, -0.2) is 15.8 Å². The van der Waals surface area contributed by atoms with Gasteiger partial charge in [-0.1, -0.05) is 56.7 Å². The van der Waals surface area contributed by atoms with Crippen molar-refractivity contribution in [2.24, 2.45) is 16.6 Å². The molecular weight excluding hydrogens is 364 g/mol. The molecule has 0 radical (unpaired) electrons. The summed E-state index contributed by atoms with van der Waals surface area (Å²) in [5, 5.41) is 2.01. The van der Waals surface area contributed by atoms with Crippen molar-refractivity contribution < 1.29 is 0 Å². The second-order valence-corrected chi connectivity index (χ2v) is 8.61. The Morgan fingerprint density at radius 2 is 1.96 bits per heavy atom. The minimum atomic E-state index is 0.560. The van der Waals surface area contributed by atoms with E-state index in [1.165, 1.54) is 44.9 Å². The van der Waals surface area contributed by atoms with Gasteiger partial charge in [0.1, 0.15) is 11.7 Å². The monoisotopic (exact) mass is 392 g/mol. The Labute approximate surface area is 170 Å². The smallest absolute Gasteiger partial charge is 0.141 e. The molecule has 0 aliphatic heterocycles. The summed E-state index contributed by atoms with van der Waals surface area (Å²) in [7, 11) is 0. The van der Waals surface area contributed by atoms with E-state index >= 15 is 0 Å². The number of aliphatic imine (C=N–C) groups is 1. The molecule has 28 heavy (non-hydrogen) atoms. The van der Waals surface area contributed by atoms with Gasteiger partial charge in [0.25, 0.3) is 0 Å². The number of hydrogen-bond donors (Lipinski definition) is 2. The van der Waals surface area contributed by atoms with E-state index in [0.29, 0.717) is 5.84 Å². The molecule has 1 saturated carbocycles. The maximum atomic E-state index is 6.07. The van der Waals surface area contributed by atoms with Gasteiger partial charge in [-0.3, -0.25) is 0 Å². The zero-order valence-corrected chi connectivity index (χ0v) is 17.0. The molecule has 1 aliphatic rings. The van der Waals surface area contributed by atoms with Crippen molar-refractivity contribution in [3.63, 3.8) is 0 Å². The first kappa shape index (κ1) is 18.9. The number of aryl methyl sites for hydroxylation is 1. The first-order valence-corrected chi connectivity index (χ1v) is 11.2. The lowest BCUT2D eigenvalue weighted by molar-refractivity contribution is 0.332. The number of nitrogens with one attached hydrogen (secondary N) is 1. The first-order valence-electron chi connectivity index (χ1n) is 10.3. The number of nitrogens with zero attached hydrogens (tertiary/aromatic N) is 2. The molecule has 1 aromatic carbocycles. The van der Waals surface area contributed by atoms with E-state index in [1.807, 2.05) is 35.8 Å². The van der Waals surface area contributed by atoms with Crippen molar-refractivity contribution in [3.8, 4) is 11.3 Å². The fraction of sp³-hybridized carbons (Fsp3) is 0.391. The molecule has 2 aromatic heterocycles. The molecule has 5 heteroatoms. The first-order chi connectivity index (χ1) is 13.8. The van der Waals surface area contributed by atoms with Crippen LogP contribution in [0.15, 0.2) is 53.0 Å². The fourth-order valence-electron chi connectivity index (χ4n) is 4.00. The summed E-state index contributed by atoms with van der Waals surface area (Å²) in [6.07, 6.45) is 12.7. The number of amidine groups is 1. The van der Waals surface area contributed by atoms with Gasteiger partial charge in [-0.15, -0.1) is 11.3 Å². The number of thiophene rings is 1. The molecule has 1 aliphatic carbocycles. The second kappa shape index (κ2) is 9.20. The molecule has 146 valence electrons. The van der Waals surface area contributed by atoms with E-state index in [0.717, 1.165) is 40.0 Å². The average Bonchev–Trinajstić information content (AvgIpc) is 3.42. The number of hydrogen-bond acceptors (Lipinski definition) is 3. The molecule has 0 bridgehead atoms. The summed E-state index contributed by atoms with van der Waals surface area (Å²) in [5.41, 5.74) is 9.12. The highest BCUT2D eigenvalue weighted by atomic mass is 32.1. The van der Waals surface area contributed by atoms with Gasteiger partial charge in [0.2, 0.25) is 0 Å². The van der Waals surface area contributed by atoms with Gasteiger partial charge in [-0.2, -0.15) is 0 Å². The lowest BCUT2D eigenvalue weighted by Crippen LogP contribution is -2.10. The third kappa shape index (κ3) is 4.90. The maximum Gasteiger partial charge on any atom is 0.141 e. The predicted molar refractivity (Wildman–Crippen MR) is 118 cm³/mol. The van der Waals surface area contributed by atoms with Gasteiger partial charge in [-0.05, 0) is 41.5 Å². The fourth-order valence-corrected chi connectivity index (χ4v) is 4.63. The van der Waals surface area contributed by atoms with Crippen molar-refractivity contribution in [1.82, 2.24) is 9.97 Å². The molecule has 2 heterocycles. The minimum absolute atomic E-state index is 0.560. The van der Waals surface area contributed by atoms with Crippen LogP contribution in [0.2, 0.25) is 0 Å². The summed E-state index contributed by atoms with van der Waals surface area (Å²) < 4.78 is 0. The predicted octanol–water partition coefficient (Wildman–Crippen LogP) is 6.08. The molecule has 1 fully saturated rings. The summed E-state index contributed by atoms with van der Waals surface area (Å²) in [4.78, 5) is 13.6. The molecular formula is C23H28N4S. The Balaban J connectivity index is 1.34. The van der Waals surface area contributed by atoms with Crippen LogP contribution in [0.5, 0.6) is 0 Å². The third-order valence-electron chi connectivity index (χ3n) is 5.58. The molecule has 0 saturated heterocycles. The normalized spacial score (nSPS) is 15.8. The summed E-state index contributed by atoms with van der Waals surface area (Å²) in [6, 6.07) is 12.1. The van der Waals surface area contributed by atoms with E-state index < -0.39 is 0 Å². The molecule has 4 nitrogen and oxygen atoms in total. The molecule has 0 atom stereocenters. The number of H-pyrrole nitrogens is 1. The Kier molecular flexibility index (Phi) is 6.22. The van der Waals surface area contributed by atoms with Crippen LogP contribution >= 0.6 is 11.3 Å². The van der Waals surface area contributed by atoms with Crippen LogP contribution in [-0.2, 0) is 6.42 Å². The number of rotatable bonds is 7. The molecule has 3 aromatic rings. The highest BCUT2D eigenvalue weighted by molar-refractivity contribution is 7.12. The third-order valence-corrected chi connectivity index (χ3v) is 6.47. The van der Waals surface area contributed by atoms with Crippen LogP contribution in [0.25, 0.3) is 11.3 Å². The molecule has 0 unspecified atom stereocenters. The van der Waals surface area contributed by atoms with E-state index in [9.17, 15) is 0 Å². The van der Waals surface area contributed by atoms with Crippen LogP contribution in [0.1, 0.15) is 55.6 Å². The SMILES string of the molecule is NC(=Nc1ccc(-c2cnc(CCCC3CCCCC3)[nH]2)cc1)c1cccs1. The summed E-state index contributed by atoms with van der Waals surface area (Å²) in [5.74, 6) is 2.59. The van der Waals surface area contributed by atoms with E-state index in [2.05, 4.69) is 27.1 Å². The van der Waals surface area contributed by atoms with Gasteiger partial charge in [0.05, 0.1) is 22.5 Å². The highest BCUT2D eigenvalue weighted by Crippen LogP contribution is 2.28. The Bertz CT molecular complexity index is 887. The van der Waals surface area contributed by atoms with Crippen molar-refractivity contribution >= 4 is 22.9 Å². The topological polar surface area (TPSA) is 67.1 Å². The van der Waals surface area contributed by atoms with Crippen LogP contribution in [0.3, 0.4) is 0 Å². The van der Waals surface area contributed by atoms with Crippen molar-refractivity contribution in [3.05, 3.63) is 58.7 Å². The van der Waals surface area contributed by atoms with Gasteiger partial charge < -0.3 is 10.7 Å². The zero-order valence-electron chi connectivity index (χ0n) is 16.2. The quantitative estimate of drug-likeness (QED) is 0.378. The van der Waals surface area contributed by atoms with E-state index in [4.69, 9.17) is 5.73 Å². The van der Waals surface area contributed by atoms with Crippen LogP contribution in [0, 0.1) is 5.92 Å². The lowest BCUT2D eigenvalue weighted by Gasteiger charge is -2.20. The molecule has 3 N–H and O–H groups in total. The van der Waals surface area contributed by atoms with Crippen LogP contribution in [0.4, 0.5) is 5.69 Å².